The smallest absolute Gasteiger partial charge is 0.240 e. The lowest BCUT2D eigenvalue weighted by molar-refractivity contribution is 0.414. The number of hydrogen-bond donors (Lipinski definition) is 2. The van der Waals surface area contributed by atoms with E-state index in [2.05, 4.69) is 15.0 Å². The van der Waals surface area contributed by atoms with E-state index in [-0.39, 0.29) is 28.9 Å². The molecule has 0 aliphatic carbocycles. The molecular weight excluding hydrogens is 491 g/mol. The number of sulfonamides is 1. The van der Waals surface area contributed by atoms with E-state index >= 15 is 0 Å². The molecule has 0 amide bonds. The van der Waals surface area contributed by atoms with Crippen LogP contribution in [0.3, 0.4) is 0 Å². The van der Waals surface area contributed by atoms with Crippen molar-refractivity contribution in [1.29, 1.82) is 0 Å². The van der Waals surface area contributed by atoms with Crippen LogP contribution in [0.15, 0.2) is 58.4 Å². The van der Waals surface area contributed by atoms with Gasteiger partial charge in [-0.1, -0.05) is 24.3 Å². The highest BCUT2D eigenvalue weighted by atomic mass is 127. The number of methoxy groups -OCH3 is 1. The lowest BCUT2D eigenvalue weighted by atomic mass is 10.2. The van der Waals surface area contributed by atoms with Gasteiger partial charge >= 0.3 is 0 Å². The van der Waals surface area contributed by atoms with E-state index in [9.17, 15) is 8.42 Å². The molecule has 0 aromatic heterocycles. The molecule has 2 aromatic carbocycles. The Labute approximate surface area is 184 Å². The lowest BCUT2D eigenvalue weighted by Crippen LogP contribution is -2.38. The van der Waals surface area contributed by atoms with Gasteiger partial charge in [0.1, 0.15) is 5.75 Å². The molecule has 28 heavy (non-hydrogen) atoms. The van der Waals surface area contributed by atoms with Gasteiger partial charge in [0, 0.05) is 27.2 Å². The Hall–Kier alpha value is -1.85. The summed E-state index contributed by atoms with van der Waals surface area (Å²) in [6.45, 7) is 1.24. The number of nitrogens with one attached hydrogen (secondary N) is 2. The first-order chi connectivity index (χ1) is 12.9. The number of hydrogen-bond acceptors (Lipinski definition) is 4. The van der Waals surface area contributed by atoms with Crippen molar-refractivity contribution in [3.05, 3.63) is 59.7 Å². The van der Waals surface area contributed by atoms with Crippen LogP contribution in [0.1, 0.15) is 11.1 Å². The maximum absolute atomic E-state index is 11.8. The molecule has 0 fully saturated rings. The van der Waals surface area contributed by atoms with Gasteiger partial charge in [0.25, 0.3) is 0 Å². The van der Waals surface area contributed by atoms with E-state index in [0.29, 0.717) is 13.1 Å². The Morgan fingerprint density at radius 1 is 1.07 bits per heavy atom. The minimum absolute atomic E-state index is 0. The van der Waals surface area contributed by atoms with Crippen molar-refractivity contribution in [2.75, 3.05) is 28.3 Å². The second kappa shape index (κ2) is 11.2. The molecule has 0 atom stereocenters. The van der Waals surface area contributed by atoms with E-state index in [1.807, 2.05) is 36.2 Å². The predicted molar refractivity (Wildman–Crippen MR) is 123 cm³/mol. The molecule has 0 saturated carbocycles. The number of guanidine groups is 1. The average Bonchev–Trinajstić information content (AvgIpc) is 2.69. The lowest BCUT2D eigenvalue weighted by Gasteiger charge is -2.22. The normalized spacial score (nSPS) is 11.5. The van der Waals surface area contributed by atoms with Crippen molar-refractivity contribution >= 4 is 40.0 Å². The van der Waals surface area contributed by atoms with E-state index in [1.165, 1.54) is 7.05 Å². The Morgan fingerprint density at radius 3 is 2.14 bits per heavy atom. The minimum atomic E-state index is -3.42. The van der Waals surface area contributed by atoms with Crippen molar-refractivity contribution in [2.24, 2.45) is 4.99 Å². The summed E-state index contributed by atoms with van der Waals surface area (Å²) < 4.78 is 31.0. The number of benzene rings is 2. The molecule has 7 nitrogen and oxygen atoms in total. The molecule has 2 rings (SSSR count). The Balaban J connectivity index is 0.00000392. The monoisotopic (exact) mass is 518 g/mol. The highest BCUT2D eigenvalue weighted by Crippen LogP contribution is 2.13. The summed E-state index contributed by atoms with van der Waals surface area (Å²) in [5, 5.41) is 3.29. The summed E-state index contributed by atoms with van der Waals surface area (Å²) in [4.78, 5) is 6.56. The van der Waals surface area contributed by atoms with Crippen LogP contribution in [0.4, 0.5) is 0 Å². The fourth-order valence-corrected chi connectivity index (χ4v) is 3.28. The van der Waals surface area contributed by atoms with Gasteiger partial charge < -0.3 is 15.0 Å². The highest BCUT2D eigenvalue weighted by Gasteiger charge is 2.11. The number of nitrogens with zero attached hydrogens (tertiary/aromatic N) is 2. The van der Waals surface area contributed by atoms with Gasteiger partial charge in [-0.25, -0.2) is 13.1 Å². The van der Waals surface area contributed by atoms with Gasteiger partial charge in [-0.05, 0) is 42.4 Å². The van der Waals surface area contributed by atoms with Crippen LogP contribution < -0.4 is 14.8 Å². The van der Waals surface area contributed by atoms with Gasteiger partial charge in [0.05, 0.1) is 12.0 Å². The van der Waals surface area contributed by atoms with Crippen LogP contribution in [0.5, 0.6) is 5.75 Å². The SMILES string of the molecule is CN=C(NCc1ccc(S(=O)(=O)NC)cc1)N(C)Cc1ccc(OC)cc1.I. The number of halogens is 1. The molecule has 0 radical (unpaired) electrons. The molecule has 0 aliphatic heterocycles. The van der Waals surface area contributed by atoms with Crippen LogP contribution in [0, 0.1) is 0 Å². The van der Waals surface area contributed by atoms with Crippen molar-refractivity contribution < 1.29 is 13.2 Å². The standard InChI is InChI=1S/C19H26N4O3S.HI/c1-20-19(23(3)14-16-5-9-17(26-4)10-6-16)22-13-15-7-11-18(12-8-15)27(24,25)21-2;/h5-12,21H,13-14H2,1-4H3,(H,20,22);1H. The zero-order valence-corrected chi connectivity index (χ0v) is 19.6. The molecule has 2 aromatic rings. The van der Waals surface area contributed by atoms with Crippen molar-refractivity contribution in [3.63, 3.8) is 0 Å². The Morgan fingerprint density at radius 2 is 1.64 bits per heavy atom. The molecule has 0 spiro atoms. The van der Waals surface area contributed by atoms with Gasteiger partial charge in [0.15, 0.2) is 5.96 Å². The average molecular weight is 518 g/mol. The molecule has 0 aliphatic rings. The fourth-order valence-electron chi connectivity index (χ4n) is 2.55. The summed E-state index contributed by atoms with van der Waals surface area (Å²) in [5.74, 6) is 1.57. The second-order valence-electron chi connectivity index (χ2n) is 5.96. The first-order valence-corrected chi connectivity index (χ1v) is 9.95. The van der Waals surface area contributed by atoms with Crippen LogP contribution in [0.2, 0.25) is 0 Å². The highest BCUT2D eigenvalue weighted by molar-refractivity contribution is 14.0. The van der Waals surface area contributed by atoms with Crippen LogP contribution in [0.25, 0.3) is 0 Å². The summed E-state index contributed by atoms with van der Waals surface area (Å²) in [6, 6.07) is 14.6. The molecule has 154 valence electrons. The molecule has 9 heteroatoms. The van der Waals surface area contributed by atoms with Crippen LogP contribution in [-0.4, -0.2) is 47.5 Å². The number of aliphatic imine (C=N–C) groups is 1. The second-order valence-corrected chi connectivity index (χ2v) is 7.84. The molecule has 0 saturated heterocycles. The predicted octanol–water partition coefficient (Wildman–Crippen LogP) is 2.43. The van der Waals surface area contributed by atoms with E-state index in [0.717, 1.165) is 22.8 Å². The summed E-state index contributed by atoms with van der Waals surface area (Å²) in [6.07, 6.45) is 0. The van der Waals surface area contributed by atoms with Crippen LogP contribution >= 0.6 is 24.0 Å². The maximum Gasteiger partial charge on any atom is 0.240 e. The summed E-state index contributed by atoms with van der Waals surface area (Å²) in [5.41, 5.74) is 2.10. The molecule has 0 unspecified atom stereocenters. The van der Waals surface area contributed by atoms with Gasteiger partial charge in [0.2, 0.25) is 10.0 Å². The van der Waals surface area contributed by atoms with E-state index < -0.39 is 10.0 Å². The number of rotatable bonds is 7. The minimum Gasteiger partial charge on any atom is -0.497 e. The van der Waals surface area contributed by atoms with Gasteiger partial charge in [-0.3, -0.25) is 4.99 Å². The van der Waals surface area contributed by atoms with Gasteiger partial charge in [-0.2, -0.15) is 0 Å². The van der Waals surface area contributed by atoms with Crippen LogP contribution in [-0.2, 0) is 23.1 Å². The van der Waals surface area contributed by atoms with Crippen molar-refractivity contribution in [2.45, 2.75) is 18.0 Å². The third-order valence-electron chi connectivity index (χ3n) is 4.11. The quantitative estimate of drug-likeness (QED) is 0.334. The molecule has 0 bridgehead atoms. The molecule has 2 N–H and O–H groups in total. The molecule has 0 heterocycles. The van der Waals surface area contributed by atoms with Gasteiger partial charge in [-0.15, -0.1) is 24.0 Å². The first-order valence-electron chi connectivity index (χ1n) is 8.47. The number of ether oxygens (including phenoxy) is 1. The topological polar surface area (TPSA) is 83.0 Å². The van der Waals surface area contributed by atoms with Crippen molar-refractivity contribution in [1.82, 2.24) is 14.9 Å². The maximum atomic E-state index is 11.8. The van der Waals surface area contributed by atoms with E-state index in [1.54, 1.807) is 38.4 Å². The molecular formula is C19H27IN4O3S. The summed E-state index contributed by atoms with van der Waals surface area (Å²) >= 11 is 0. The third kappa shape index (κ3) is 6.64. The van der Waals surface area contributed by atoms with Crippen molar-refractivity contribution in [3.8, 4) is 5.75 Å². The fraction of sp³-hybridized carbons (Fsp3) is 0.316. The Bertz CT molecular complexity index is 869. The third-order valence-corrected chi connectivity index (χ3v) is 5.54. The first kappa shape index (κ1) is 24.2. The van der Waals surface area contributed by atoms with E-state index in [4.69, 9.17) is 4.74 Å². The Kier molecular flexibility index (Phi) is 9.70. The zero-order valence-electron chi connectivity index (χ0n) is 16.5. The largest absolute Gasteiger partial charge is 0.497 e. The zero-order chi connectivity index (χ0) is 19.9. The summed E-state index contributed by atoms with van der Waals surface area (Å²) in [7, 11) is 3.32.